The lowest BCUT2D eigenvalue weighted by atomic mass is 9.84. The van der Waals surface area contributed by atoms with Crippen LogP contribution in [0.15, 0.2) is 0 Å². The van der Waals surface area contributed by atoms with Crippen LogP contribution >= 0.6 is 0 Å². The van der Waals surface area contributed by atoms with Crippen molar-refractivity contribution in [2.24, 2.45) is 12.5 Å². The number of hydrogen-bond donors (Lipinski definition) is 1. The molecule has 2 aromatic heterocycles. The molecule has 0 radical (unpaired) electrons. The molecule has 0 bridgehead atoms. The number of rotatable bonds is 0. The van der Waals surface area contributed by atoms with Crippen molar-refractivity contribution in [1.29, 1.82) is 0 Å². The standard InChI is InChI=1S/C13H21N5/c1-8-10-11-14-7-6-9(13(2,3)4)18(11)16-12(10)17(5)15-8/h9,14H,6-7H2,1-5H3. The maximum atomic E-state index is 4.78. The topological polar surface area (TPSA) is 47.7 Å². The molecule has 0 aromatic carbocycles. The van der Waals surface area contributed by atoms with Gasteiger partial charge in [-0.15, -0.1) is 0 Å². The zero-order chi connectivity index (χ0) is 13.1. The van der Waals surface area contributed by atoms with Gasteiger partial charge in [-0.1, -0.05) is 20.8 Å². The second-order valence-corrected chi connectivity index (χ2v) is 6.30. The minimum absolute atomic E-state index is 0.222. The van der Waals surface area contributed by atoms with Gasteiger partial charge in [-0.3, -0.25) is 0 Å². The van der Waals surface area contributed by atoms with Gasteiger partial charge in [0.2, 0.25) is 0 Å². The van der Waals surface area contributed by atoms with Crippen LogP contribution in [0, 0.1) is 12.3 Å². The smallest absolute Gasteiger partial charge is 0.182 e. The normalized spacial score (nSPS) is 19.9. The number of nitrogens with zero attached hydrogens (tertiary/aromatic N) is 4. The minimum Gasteiger partial charge on any atom is -0.370 e. The van der Waals surface area contributed by atoms with Crippen molar-refractivity contribution in [3.63, 3.8) is 0 Å². The fourth-order valence-corrected chi connectivity index (χ4v) is 2.95. The third-order valence-electron chi connectivity index (χ3n) is 3.87. The van der Waals surface area contributed by atoms with E-state index in [1.807, 2.05) is 18.7 Å². The Kier molecular flexibility index (Phi) is 2.24. The Morgan fingerprint density at radius 3 is 2.67 bits per heavy atom. The number of aryl methyl sites for hydroxylation is 2. The Balaban J connectivity index is 2.25. The summed E-state index contributed by atoms with van der Waals surface area (Å²) in [7, 11) is 1.96. The summed E-state index contributed by atoms with van der Waals surface area (Å²) in [5.74, 6) is 1.14. The maximum Gasteiger partial charge on any atom is 0.182 e. The highest BCUT2D eigenvalue weighted by Gasteiger charge is 2.33. The Bertz CT molecular complexity index is 599. The first-order valence-corrected chi connectivity index (χ1v) is 6.55. The van der Waals surface area contributed by atoms with Crippen LogP contribution in [0.2, 0.25) is 0 Å². The van der Waals surface area contributed by atoms with Crippen LogP contribution in [0.5, 0.6) is 0 Å². The summed E-state index contributed by atoms with van der Waals surface area (Å²) in [6.45, 7) is 9.91. The Labute approximate surface area is 107 Å². The van der Waals surface area contributed by atoms with E-state index in [0.717, 1.165) is 30.1 Å². The third-order valence-corrected chi connectivity index (χ3v) is 3.87. The fraction of sp³-hybridized carbons (Fsp3) is 0.692. The molecule has 3 rings (SSSR count). The van der Waals surface area contributed by atoms with E-state index in [1.54, 1.807) is 0 Å². The van der Waals surface area contributed by atoms with Gasteiger partial charge in [0.25, 0.3) is 0 Å². The van der Waals surface area contributed by atoms with Crippen molar-refractivity contribution in [3.8, 4) is 0 Å². The number of nitrogens with one attached hydrogen (secondary N) is 1. The molecule has 0 amide bonds. The first kappa shape index (κ1) is 11.6. The van der Waals surface area contributed by atoms with E-state index in [4.69, 9.17) is 5.10 Å². The van der Waals surface area contributed by atoms with E-state index in [2.05, 4.69) is 35.9 Å². The van der Waals surface area contributed by atoms with Crippen molar-refractivity contribution in [2.45, 2.75) is 40.2 Å². The number of anilines is 1. The SMILES string of the molecule is Cc1nn(C)c2nn3c(c12)NCCC3C(C)(C)C. The van der Waals surface area contributed by atoms with Gasteiger partial charge in [-0.2, -0.15) is 10.2 Å². The quantitative estimate of drug-likeness (QED) is 0.778. The highest BCUT2D eigenvalue weighted by Crippen LogP contribution is 2.40. The van der Waals surface area contributed by atoms with E-state index in [1.165, 1.54) is 5.39 Å². The summed E-state index contributed by atoms with van der Waals surface area (Å²) in [6.07, 6.45) is 1.12. The van der Waals surface area contributed by atoms with Gasteiger partial charge in [0.1, 0.15) is 5.82 Å². The van der Waals surface area contributed by atoms with Crippen LogP contribution in [0.25, 0.3) is 11.0 Å². The summed E-state index contributed by atoms with van der Waals surface area (Å²) in [4.78, 5) is 0. The van der Waals surface area contributed by atoms with Gasteiger partial charge >= 0.3 is 0 Å². The Hall–Kier alpha value is -1.52. The molecule has 1 N–H and O–H groups in total. The molecule has 98 valence electrons. The molecule has 1 unspecified atom stereocenters. The molecule has 5 heteroatoms. The molecular formula is C13H21N5. The molecule has 0 aliphatic carbocycles. The van der Waals surface area contributed by atoms with Crippen LogP contribution < -0.4 is 5.32 Å². The van der Waals surface area contributed by atoms with Crippen LogP contribution in [0.3, 0.4) is 0 Å². The maximum absolute atomic E-state index is 4.78. The van der Waals surface area contributed by atoms with Crippen molar-refractivity contribution in [3.05, 3.63) is 5.69 Å². The van der Waals surface area contributed by atoms with Crippen molar-refractivity contribution < 1.29 is 0 Å². The zero-order valence-corrected chi connectivity index (χ0v) is 11.8. The highest BCUT2D eigenvalue weighted by molar-refractivity contribution is 5.90. The van der Waals surface area contributed by atoms with Gasteiger partial charge in [-0.05, 0) is 18.8 Å². The van der Waals surface area contributed by atoms with Crippen molar-refractivity contribution in [2.75, 3.05) is 11.9 Å². The van der Waals surface area contributed by atoms with E-state index >= 15 is 0 Å². The second kappa shape index (κ2) is 3.49. The average Bonchev–Trinajstić information content (AvgIpc) is 2.76. The molecule has 1 aliphatic rings. The van der Waals surface area contributed by atoms with E-state index in [-0.39, 0.29) is 5.41 Å². The fourth-order valence-electron chi connectivity index (χ4n) is 2.95. The lowest BCUT2D eigenvalue weighted by molar-refractivity contribution is 0.211. The molecule has 2 aromatic rings. The summed E-state index contributed by atoms with van der Waals surface area (Å²) in [5.41, 5.74) is 2.25. The highest BCUT2D eigenvalue weighted by atomic mass is 15.4. The molecule has 3 heterocycles. The van der Waals surface area contributed by atoms with Crippen LogP contribution in [0.1, 0.15) is 38.9 Å². The van der Waals surface area contributed by atoms with Crippen molar-refractivity contribution >= 4 is 16.9 Å². The monoisotopic (exact) mass is 247 g/mol. The summed E-state index contributed by atoms with van der Waals surface area (Å²) in [6, 6.07) is 0.445. The van der Waals surface area contributed by atoms with E-state index in [0.29, 0.717) is 6.04 Å². The van der Waals surface area contributed by atoms with Gasteiger partial charge in [0, 0.05) is 13.6 Å². The Morgan fingerprint density at radius 1 is 1.28 bits per heavy atom. The molecule has 0 spiro atoms. The van der Waals surface area contributed by atoms with Gasteiger partial charge in [0.05, 0.1) is 17.1 Å². The average molecular weight is 247 g/mol. The van der Waals surface area contributed by atoms with Gasteiger partial charge in [-0.25, -0.2) is 9.36 Å². The zero-order valence-electron chi connectivity index (χ0n) is 11.8. The summed E-state index contributed by atoms with van der Waals surface area (Å²) in [5, 5.41) is 13.9. The van der Waals surface area contributed by atoms with Crippen LogP contribution in [-0.4, -0.2) is 26.1 Å². The largest absolute Gasteiger partial charge is 0.370 e. The van der Waals surface area contributed by atoms with Crippen LogP contribution in [-0.2, 0) is 7.05 Å². The van der Waals surface area contributed by atoms with E-state index < -0.39 is 0 Å². The van der Waals surface area contributed by atoms with Gasteiger partial charge in [0.15, 0.2) is 5.65 Å². The van der Waals surface area contributed by atoms with E-state index in [9.17, 15) is 0 Å². The summed E-state index contributed by atoms with van der Waals surface area (Å²) < 4.78 is 4.04. The molecule has 0 saturated heterocycles. The second-order valence-electron chi connectivity index (χ2n) is 6.30. The first-order valence-electron chi connectivity index (χ1n) is 6.55. The molecule has 1 atom stereocenters. The predicted octanol–water partition coefficient (Wildman–Crippen LogP) is 2.48. The molecule has 18 heavy (non-hydrogen) atoms. The number of hydrogen-bond acceptors (Lipinski definition) is 3. The molecule has 5 nitrogen and oxygen atoms in total. The predicted molar refractivity (Wildman–Crippen MR) is 72.8 cm³/mol. The molecular weight excluding hydrogens is 226 g/mol. The lowest BCUT2D eigenvalue weighted by Gasteiger charge is -2.35. The van der Waals surface area contributed by atoms with Gasteiger partial charge < -0.3 is 5.32 Å². The number of fused-ring (bicyclic) bond motifs is 3. The minimum atomic E-state index is 0.222. The number of aromatic nitrogens is 4. The molecule has 0 saturated carbocycles. The van der Waals surface area contributed by atoms with Crippen molar-refractivity contribution in [1.82, 2.24) is 19.6 Å². The Morgan fingerprint density at radius 2 is 2.00 bits per heavy atom. The first-order chi connectivity index (χ1) is 8.39. The summed E-state index contributed by atoms with van der Waals surface area (Å²) >= 11 is 0. The third kappa shape index (κ3) is 1.46. The lowest BCUT2D eigenvalue weighted by Crippen LogP contribution is -2.32. The molecule has 1 aliphatic heterocycles. The molecule has 0 fully saturated rings. The van der Waals surface area contributed by atoms with Crippen LogP contribution in [0.4, 0.5) is 5.82 Å².